The number of aliphatic hydroxyl groups is 2. The SMILES string of the molecule is Cc1nc(N)nc2c1ncn2C1CC(C)C(COCc2ccccc2)C1(O)CO. The minimum absolute atomic E-state index is 0.144. The van der Waals surface area contributed by atoms with Crippen LogP contribution in [0.2, 0.25) is 0 Å². The van der Waals surface area contributed by atoms with Gasteiger partial charge in [0.25, 0.3) is 0 Å². The van der Waals surface area contributed by atoms with Gasteiger partial charge < -0.3 is 25.3 Å². The normalized spacial score (nSPS) is 27.0. The molecule has 1 aliphatic rings. The molecular weight excluding hydrogens is 370 g/mol. The van der Waals surface area contributed by atoms with Gasteiger partial charge in [0.2, 0.25) is 5.95 Å². The third-order valence-electron chi connectivity index (χ3n) is 6.11. The third kappa shape index (κ3) is 3.48. The molecule has 8 heteroatoms. The van der Waals surface area contributed by atoms with E-state index in [4.69, 9.17) is 10.5 Å². The summed E-state index contributed by atoms with van der Waals surface area (Å²) < 4.78 is 7.74. The summed E-state index contributed by atoms with van der Waals surface area (Å²) in [6, 6.07) is 9.52. The Morgan fingerprint density at radius 1 is 1.28 bits per heavy atom. The molecule has 2 heterocycles. The van der Waals surface area contributed by atoms with Crippen molar-refractivity contribution in [2.24, 2.45) is 11.8 Å². The van der Waals surface area contributed by atoms with Crippen LogP contribution in [0.1, 0.15) is 30.6 Å². The number of nitrogens with two attached hydrogens (primary N) is 1. The second-order valence-corrected chi connectivity index (χ2v) is 7.98. The largest absolute Gasteiger partial charge is 0.393 e. The van der Waals surface area contributed by atoms with E-state index in [2.05, 4.69) is 21.9 Å². The Morgan fingerprint density at radius 3 is 2.76 bits per heavy atom. The van der Waals surface area contributed by atoms with Gasteiger partial charge in [0.1, 0.15) is 11.1 Å². The van der Waals surface area contributed by atoms with Gasteiger partial charge >= 0.3 is 0 Å². The molecular formula is C21H27N5O3. The number of hydrogen-bond donors (Lipinski definition) is 3. The molecule has 4 N–H and O–H groups in total. The highest BCUT2D eigenvalue weighted by molar-refractivity contribution is 5.74. The quantitative estimate of drug-likeness (QED) is 0.581. The Kier molecular flexibility index (Phi) is 5.24. The summed E-state index contributed by atoms with van der Waals surface area (Å²) in [4.78, 5) is 12.9. The Bertz CT molecular complexity index is 993. The number of benzene rings is 1. The summed E-state index contributed by atoms with van der Waals surface area (Å²) >= 11 is 0. The molecule has 0 bridgehead atoms. The summed E-state index contributed by atoms with van der Waals surface area (Å²) in [5, 5.41) is 21.7. The second-order valence-electron chi connectivity index (χ2n) is 7.98. The Hall–Kier alpha value is -2.55. The van der Waals surface area contributed by atoms with Crippen molar-refractivity contribution < 1.29 is 14.9 Å². The second kappa shape index (κ2) is 7.70. The lowest BCUT2D eigenvalue weighted by Gasteiger charge is -2.34. The molecule has 1 aliphatic carbocycles. The number of ether oxygens (including phenoxy) is 1. The molecule has 3 aromatic rings. The van der Waals surface area contributed by atoms with E-state index in [1.165, 1.54) is 0 Å². The monoisotopic (exact) mass is 397 g/mol. The molecule has 8 nitrogen and oxygen atoms in total. The van der Waals surface area contributed by atoms with Gasteiger partial charge in [0.05, 0.1) is 37.9 Å². The highest BCUT2D eigenvalue weighted by atomic mass is 16.5. The number of nitrogen functional groups attached to an aromatic ring is 1. The van der Waals surface area contributed by atoms with E-state index >= 15 is 0 Å². The zero-order valence-electron chi connectivity index (χ0n) is 16.7. The van der Waals surface area contributed by atoms with E-state index < -0.39 is 5.60 Å². The third-order valence-corrected chi connectivity index (χ3v) is 6.11. The number of rotatable bonds is 6. The van der Waals surface area contributed by atoms with Crippen molar-refractivity contribution in [3.8, 4) is 0 Å². The van der Waals surface area contributed by atoms with Crippen LogP contribution in [-0.2, 0) is 11.3 Å². The van der Waals surface area contributed by atoms with Gasteiger partial charge in [0.15, 0.2) is 5.65 Å². The zero-order valence-corrected chi connectivity index (χ0v) is 16.7. The number of nitrogens with zero attached hydrogens (tertiary/aromatic N) is 4. The van der Waals surface area contributed by atoms with Gasteiger partial charge in [-0.25, -0.2) is 9.97 Å². The van der Waals surface area contributed by atoms with E-state index in [-0.39, 0.29) is 30.4 Å². The van der Waals surface area contributed by atoms with Crippen molar-refractivity contribution in [1.29, 1.82) is 0 Å². The van der Waals surface area contributed by atoms with Crippen LogP contribution in [0.4, 0.5) is 5.95 Å². The minimum Gasteiger partial charge on any atom is -0.393 e. The fourth-order valence-electron chi connectivity index (χ4n) is 4.53. The smallest absolute Gasteiger partial charge is 0.222 e. The topological polar surface area (TPSA) is 119 Å². The number of imidazole rings is 1. The molecule has 4 atom stereocenters. The van der Waals surface area contributed by atoms with E-state index in [0.29, 0.717) is 36.5 Å². The number of aliphatic hydroxyl groups excluding tert-OH is 1. The first-order valence-electron chi connectivity index (χ1n) is 9.85. The average Bonchev–Trinajstić information content (AvgIpc) is 3.23. The number of anilines is 1. The lowest BCUT2D eigenvalue weighted by Crippen LogP contribution is -2.46. The first-order valence-corrected chi connectivity index (χ1v) is 9.85. The van der Waals surface area contributed by atoms with E-state index in [9.17, 15) is 10.2 Å². The number of fused-ring (bicyclic) bond motifs is 1. The summed E-state index contributed by atoms with van der Waals surface area (Å²) in [5.74, 6) is 0.0858. The molecule has 0 aliphatic heterocycles. The van der Waals surface area contributed by atoms with E-state index in [1.807, 2.05) is 41.8 Å². The van der Waals surface area contributed by atoms with Crippen LogP contribution in [0.25, 0.3) is 11.2 Å². The molecule has 1 fully saturated rings. The number of hydrogen-bond acceptors (Lipinski definition) is 7. The zero-order chi connectivity index (χ0) is 20.6. The van der Waals surface area contributed by atoms with Gasteiger partial charge in [-0.05, 0) is 24.8 Å². The lowest BCUT2D eigenvalue weighted by atomic mass is 9.86. The van der Waals surface area contributed by atoms with E-state index in [0.717, 1.165) is 5.56 Å². The van der Waals surface area contributed by atoms with Crippen molar-refractivity contribution in [2.45, 2.75) is 38.5 Å². The molecule has 2 aromatic heterocycles. The number of aryl methyl sites for hydroxylation is 1. The molecule has 0 amide bonds. The molecule has 1 saturated carbocycles. The minimum atomic E-state index is -1.35. The fraction of sp³-hybridized carbons (Fsp3) is 0.476. The van der Waals surface area contributed by atoms with Crippen LogP contribution in [0.3, 0.4) is 0 Å². The summed E-state index contributed by atoms with van der Waals surface area (Å²) in [7, 11) is 0. The molecule has 0 radical (unpaired) electrons. The first-order chi connectivity index (χ1) is 13.9. The van der Waals surface area contributed by atoms with Crippen LogP contribution in [0.5, 0.6) is 0 Å². The predicted molar refractivity (Wildman–Crippen MR) is 109 cm³/mol. The van der Waals surface area contributed by atoms with E-state index in [1.54, 1.807) is 6.33 Å². The molecule has 0 spiro atoms. The highest BCUT2D eigenvalue weighted by Crippen LogP contribution is 2.48. The van der Waals surface area contributed by atoms with Crippen molar-refractivity contribution >= 4 is 17.1 Å². The molecule has 154 valence electrons. The van der Waals surface area contributed by atoms with Gasteiger partial charge in [-0.1, -0.05) is 37.3 Å². The summed E-state index contributed by atoms with van der Waals surface area (Å²) in [6.45, 7) is 4.35. The molecule has 1 aromatic carbocycles. The maximum absolute atomic E-state index is 11.5. The van der Waals surface area contributed by atoms with Crippen molar-refractivity contribution in [1.82, 2.24) is 19.5 Å². The predicted octanol–water partition coefficient (Wildman–Crippen LogP) is 1.85. The standard InChI is InChI=1S/C21H27N5O3/c1-13-8-17(26-12-23-18-14(2)24-20(22)25-19(18)26)21(28,11-27)16(13)10-29-9-15-6-4-3-5-7-15/h3-7,12-13,16-17,27-28H,8-11H2,1-2H3,(H2,22,24,25). The van der Waals surface area contributed by atoms with Crippen LogP contribution in [0.15, 0.2) is 36.7 Å². The van der Waals surface area contributed by atoms with Gasteiger partial charge in [-0.2, -0.15) is 4.98 Å². The van der Waals surface area contributed by atoms with Crippen LogP contribution < -0.4 is 5.73 Å². The maximum Gasteiger partial charge on any atom is 0.222 e. The molecule has 0 saturated heterocycles. The molecule has 4 rings (SSSR count). The van der Waals surface area contributed by atoms with Gasteiger partial charge in [-0.3, -0.25) is 0 Å². The number of aromatic nitrogens is 4. The van der Waals surface area contributed by atoms with Crippen LogP contribution in [-0.4, -0.2) is 48.5 Å². The van der Waals surface area contributed by atoms with Crippen molar-refractivity contribution in [3.05, 3.63) is 47.9 Å². The Balaban J connectivity index is 1.59. The van der Waals surface area contributed by atoms with Crippen molar-refractivity contribution in [2.75, 3.05) is 18.9 Å². The Morgan fingerprint density at radius 2 is 2.03 bits per heavy atom. The van der Waals surface area contributed by atoms with Gasteiger partial charge in [0, 0.05) is 5.92 Å². The first kappa shape index (κ1) is 19.8. The average molecular weight is 397 g/mol. The van der Waals surface area contributed by atoms with Crippen LogP contribution >= 0.6 is 0 Å². The van der Waals surface area contributed by atoms with Gasteiger partial charge in [-0.15, -0.1) is 0 Å². The highest BCUT2D eigenvalue weighted by Gasteiger charge is 2.53. The summed E-state index contributed by atoms with van der Waals surface area (Å²) in [6.07, 6.45) is 2.32. The maximum atomic E-state index is 11.5. The van der Waals surface area contributed by atoms with Crippen LogP contribution in [0, 0.1) is 18.8 Å². The molecule has 29 heavy (non-hydrogen) atoms. The van der Waals surface area contributed by atoms with Crippen molar-refractivity contribution in [3.63, 3.8) is 0 Å². The Labute approximate surface area is 169 Å². The fourth-order valence-corrected chi connectivity index (χ4v) is 4.53. The lowest BCUT2D eigenvalue weighted by molar-refractivity contribution is -0.0992. The summed E-state index contributed by atoms with van der Waals surface area (Å²) in [5.41, 5.74) is 7.47. The molecule has 4 unspecified atom stereocenters.